The fourth-order valence-electron chi connectivity index (χ4n) is 3.37. The van der Waals surface area contributed by atoms with Gasteiger partial charge in [0.05, 0.1) is 12.0 Å². The summed E-state index contributed by atoms with van der Waals surface area (Å²) in [5.41, 5.74) is 2.40. The van der Waals surface area contributed by atoms with Gasteiger partial charge in [0.15, 0.2) is 0 Å². The summed E-state index contributed by atoms with van der Waals surface area (Å²) in [6.45, 7) is 3.64. The van der Waals surface area contributed by atoms with Crippen LogP contribution < -0.4 is 5.32 Å². The van der Waals surface area contributed by atoms with Gasteiger partial charge in [-0.25, -0.2) is 0 Å². The van der Waals surface area contributed by atoms with Crippen LogP contribution in [0.25, 0.3) is 0 Å². The Morgan fingerprint density at radius 3 is 3.00 bits per heavy atom. The average Bonchev–Trinajstić information content (AvgIpc) is 2.98. The van der Waals surface area contributed by atoms with Crippen LogP contribution in [0.1, 0.15) is 25.3 Å². The van der Waals surface area contributed by atoms with E-state index in [1.807, 2.05) is 24.1 Å². The Labute approximate surface area is 126 Å². The maximum Gasteiger partial charge on any atom is 0.227 e. The van der Waals surface area contributed by atoms with Gasteiger partial charge in [0.1, 0.15) is 0 Å². The lowest BCUT2D eigenvalue weighted by atomic mass is 9.87. The summed E-state index contributed by atoms with van der Waals surface area (Å²) in [5, 5.41) is 3.46. The molecule has 2 aliphatic rings. The number of likely N-dealkylation sites (N-methyl/N-ethyl adjacent to an activating group) is 1. The zero-order valence-corrected chi connectivity index (χ0v) is 12.8. The van der Waals surface area contributed by atoms with E-state index in [1.54, 1.807) is 0 Å². The van der Waals surface area contributed by atoms with Gasteiger partial charge in [0.25, 0.3) is 0 Å². The molecule has 1 N–H and O–H groups in total. The minimum absolute atomic E-state index is 0.00584. The Balaban J connectivity index is 1.66. The van der Waals surface area contributed by atoms with Crippen molar-refractivity contribution in [2.45, 2.75) is 38.3 Å². The number of ether oxygens (including phenoxy) is 1. The molecule has 4 heteroatoms. The van der Waals surface area contributed by atoms with Crippen molar-refractivity contribution in [2.24, 2.45) is 5.92 Å². The number of nitrogens with one attached hydrogen (secondary N) is 1. The molecule has 21 heavy (non-hydrogen) atoms. The normalized spacial score (nSPS) is 27.8. The third-order valence-electron chi connectivity index (χ3n) is 4.64. The van der Waals surface area contributed by atoms with Gasteiger partial charge >= 0.3 is 0 Å². The molecular formula is C17H24N2O2. The van der Waals surface area contributed by atoms with E-state index in [9.17, 15) is 4.79 Å². The lowest BCUT2D eigenvalue weighted by Gasteiger charge is -2.34. The fraction of sp³-hybridized carbons (Fsp3) is 0.588. The van der Waals surface area contributed by atoms with Crippen molar-refractivity contribution < 1.29 is 9.53 Å². The Kier molecular flexibility index (Phi) is 4.15. The Bertz CT molecular complexity index is 511. The first-order valence-corrected chi connectivity index (χ1v) is 7.86. The molecule has 114 valence electrons. The molecule has 1 aromatic carbocycles. The molecule has 0 aromatic heterocycles. The lowest BCUT2D eigenvalue weighted by molar-refractivity contribution is -0.136. The zero-order chi connectivity index (χ0) is 14.8. The number of nitrogens with zero attached hydrogens (tertiary/aromatic N) is 1. The van der Waals surface area contributed by atoms with E-state index in [-0.39, 0.29) is 24.0 Å². The number of anilines is 1. The number of hydrogen-bond donors (Lipinski definition) is 1. The van der Waals surface area contributed by atoms with Crippen molar-refractivity contribution in [1.29, 1.82) is 0 Å². The predicted molar refractivity (Wildman–Crippen MR) is 83.3 cm³/mol. The first kappa shape index (κ1) is 14.4. The van der Waals surface area contributed by atoms with Crippen LogP contribution in [-0.4, -0.2) is 43.2 Å². The molecule has 3 atom stereocenters. The summed E-state index contributed by atoms with van der Waals surface area (Å²) in [5.74, 6) is 0.228. The second-order valence-electron chi connectivity index (χ2n) is 6.25. The Morgan fingerprint density at radius 2 is 2.24 bits per heavy atom. The highest BCUT2D eigenvalue weighted by Gasteiger charge is 2.33. The van der Waals surface area contributed by atoms with Crippen LogP contribution in [0, 0.1) is 5.92 Å². The molecular weight excluding hydrogens is 264 g/mol. The number of carbonyl (C=O) groups excluding carboxylic acids is 1. The van der Waals surface area contributed by atoms with Crippen molar-refractivity contribution in [3.63, 3.8) is 0 Å². The summed E-state index contributed by atoms with van der Waals surface area (Å²) in [4.78, 5) is 14.6. The van der Waals surface area contributed by atoms with Gasteiger partial charge in [0.2, 0.25) is 5.91 Å². The van der Waals surface area contributed by atoms with E-state index in [1.165, 1.54) is 5.56 Å². The lowest BCUT2D eigenvalue weighted by Crippen LogP contribution is -2.46. The van der Waals surface area contributed by atoms with Gasteiger partial charge in [0, 0.05) is 31.9 Å². The van der Waals surface area contributed by atoms with E-state index in [4.69, 9.17) is 4.74 Å². The predicted octanol–water partition coefficient (Wildman–Crippen LogP) is 2.30. The van der Waals surface area contributed by atoms with Gasteiger partial charge < -0.3 is 15.0 Å². The van der Waals surface area contributed by atoms with Crippen LogP contribution in [0.15, 0.2) is 24.3 Å². The summed E-state index contributed by atoms with van der Waals surface area (Å²) in [6, 6.07) is 8.43. The topological polar surface area (TPSA) is 41.6 Å². The second-order valence-corrected chi connectivity index (χ2v) is 6.25. The third-order valence-corrected chi connectivity index (χ3v) is 4.64. The SMILES string of the molecule is CC1Nc2ccccc2CC1C(=O)N(C)CC1CCCO1. The maximum atomic E-state index is 12.7. The van der Waals surface area contributed by atoms with Crippen molar-refractivity contribution >= 4 is 11.6 Å². The number of hydrogen-bond acceptors (Lipinski definition) is 3. The molecule has 2 aliphatic heterocycles. The summed E-state index contributed by atoms with van der Waals surface area (Å²) < 4.78 is 5.63. The molecule has 4 nitrogen and oxygen atoms in total. The van der Waals surface area contributed by atoms with Crippen molar-refractivity contribution in [3.05, 3.63) is 29.8 Å². The van der Waals surface area contributed by atoms with Crippen molar-refractivity contribution in [1.82, 2.24) is 4.90 Å². The molecule has 0 radical (unpaired) electrons. The van der Waals surface area contributed by atoms with Crippen molar-refractivity contribution in [3.8, 4) is 0 Å². The monoisotopic (exact) mass is 288 g/mol. The van der Waals surface area contributed by atoms with E-state index in [0.29, 0.717) is 6.54 Å². The molecule has 1 aromatic rings. The standard InChI is InChI=1S/C17H24N2O2/c1-12-15(10-13-6-3-4-8-16(13)18-12)17(20)19(2)11-14-7-5-9-21-14/h3-4,6,8,12,14-15,18H,5,7,9-11H2,1-2H3. The van der Waals surface area contributed by atoms with Crippen LogP contribution in [0.3, 0.4) is 0 Å². The Hall–Kier alpha value is -1.55. The minimum atomic E-state index is 0.00584. The number of benzene rings is 1. The maximum absolute atomic E-state index is 12.7. The zero-order valence-electron chi connectivity index (χ0n) is 12.8. The highest BCUT2D eigenvalue weighted by atomic mass is 16.5. The molecule has 2 heterocycles. The third kappa shape index (κ3) is 3.05. The van der Waals surface area contributed by atoms with Gasteiger partial charge in [-0.05, 0) is 37.8 Å². The minimum Gasteiger partial charge on any atom is -0.382 e. The summed E-state index contributed by atoms with van der Waals surface area (Å²) >= 11 is 0. The molecule has 0 bridgehead atoms. The highest BCUT2D eigenvalue weighted by Crippen LogP contribution is 2.29. The summed E-state index contributed by atoms with van der Waals surface area (Å²) in [7, 11) is 1.90. The van der Waals surface area contributed by atoms with Crippen molar-refractivity contribution in [2.75, 3.05) is 25.5 Å². The second kappa shape index (κ2) is 6.06. The number of fused-ring (bicyclic) bond motifs is 1. The number of rotatable bonds is 3. The number of amides is 1. The number of carbonyl (C=O) groups is 1. The molecule has 3 unspecified atom stereocenters. The van der Waals surface area contributed by atoms with Crippen LogP contribution in [-0.2, 0) is 16.0 Å². The molecule has 1 amide bonds. The molecule has 1 saturated heterocycles. The van der Waals surface area contributed by atoms with E-state index >= 15 is 0 Å². The van der Waals surface area contributed by atoms with Crippen LogP contribution in [0.4, 0.5) is 5.69 Å². The van der Waals surface area contributed by atoms with E-state index in [0.717, 1.165) is 31.6 Å². The van der Waals surface area contributed by atoms with Crippen LogP contribution in [0.5, 0.6) is 0 Å². The molecule has 3 rings (SSSR count). The Morgan fingerprint density at radius 1 is 1.43 bits per heavy atom. The van der Waals surface area contributed by atoms with Gasteiger partial charge in [-0.2, -0.15) is 0 Å². The largest absolute Gasteiger partial charge is 0.382 e. The quantitative estimate of drug-likeness (QED) is 0.928. The highest BCUT2D eigenvalue weighted by molar-refractivity contribution is 5.81. The van der Waals surface area contributed by atoms with Crippen LogP contribution >= 0.6 is 0 Å². The van der Waals surface area contributed by atoms with E-state index < -0.39 is 0 Å². The van der Waals surface area contributed by atoms with Gasteiger partial charge in [-0.1, -0.05) is 18.2 Å². The van der Waals surface area contributed by atoms with E-state index in [2.05, 4.69) is 24.4 Å². The van der Waals surface area contributed by atoms with Gasteiger partial charge in [-0.3, -0.25) is 4.79 Å². The molecule has 0 saturated carbocycles. The smallest absolute Gasteiger partial charge is 0.227 e. The fourth-order valence-corrected chi connectivity index (χ4v) is 3.37. The summed E-state index contributed by atoms with van der Waals surface area (Å²) in [6.07, 6.45) is 3.22. The van der Waals surface area contributed by atoms with Gasteiger partial charge in [-0.15, -0.1) is 0 Å². The van der Waals surface area contributed by atoms with Crippen LogP contribution in [0.2, 0.25) is 0 Å². The molecule has 0 spiro atoms. The average molecular weight is 288 g/mol. The first-order valence-electron chi connectivity index (χ1n) is 7.86. The molecule has 1 fully saturated rings. The first-order chi connectivity index (χ1) is 10.1. The number of para-hydroxylation sites is 1. The molecule has 0 aliphatic carbocycles.